The molecule has 0 fully saturated rings. The Kier molecular flexibility index (Phi) is 3.52. The number of benzene rings is 1. The number of nitrogens with two attached hydrogens (primary N) is 1. The fourth-order valence-electron chi connectivity index (χ4n) is 1.24. The van der Waals surface area contributed by atoms with Gasteiger partial charge in [-0.15, -0.1) is 10.2 Å². The summed E-state index contributed by atoms with van der Waals surface area (Å²) in [5, 5.41) is 9.80. The van der Waals surface area contributed by atoms with Gasteiger partial charge in [0.1, 0.15) is 11.6 Å². The van der Waals surface area contributed by atoms with Crippen molar-refractivity contribution in [3.63, 3.8) is 0 Å². The van der Waals surface area contributed by atoms with E-state index >= 15 is 0 Å². The molecule has 0 aliphatic carbocycles. The van der Waals surface area contributed by atoms with Crippen LogP contribution in [0.15, 0.2) is 34.8 Å². The zero-order valence-electron chi connectivity index (χ0n) is 9.02. The van der Waals surface area contributed by atoms with Crippen molar-refractivity contribution in [2.45, 2.75) is 0 Å². The number of nitrogens with one attached hydrogen (secondary N) is 1. The van der Waals surface area contributed by atoms with E-state index in [-0.39, 0.29) is 11.5 Å². The Labute approximate surface area is 110 Å². The minimum Gasteiger partial charge on any atom is -0.382 e. The summed E-state index contributed by atoms with van der Waals surface area (Å²) in [4.78, 5) is 11.8. The third-order valence-electron chi connectivity index (χ3n) is 2.10. The van der Waals surface area contributed by atoms with Crippen molar-refractivity contribution in [2.24, 2.45) is 0 Å². The second-order valence-corrected chi connectivity index (χ2v) is 4.28. The second kappa shape index (κ2) is 5.09. The maximum absolute atomic E-state index is 12.9. The van der Waals surface area contributed by atoms with Crippen LogP contribution in [0.5, 0.6) is 0 Å². The van der Waals surface area contributed by atoms with Crippen molar-refractivity contribution in [1.82, 2.24) is 10.2 Å². The maximum atomic E-state index is 12.9. The molecule has 0 aliphatic heterocycles. The molecule has 1 aromatic heterocycles. The first kappa shape index (κ1) is 12.4. The molecule has 0 aliphatic rings. The van der Waals surface area contributed by atoms with Crippen LogP contribution in [0.1, 0.15) is 10.5 Å². The number of nitrogens with zero attached hydrogens (tertiary/aromatic N) is 2. The van der Waals surface area contributed by atoms with Crippen molar-refractivity contribution in [3.05, 3.63) is 46.3 Å². The number of hydrogen-bond acceptors (Lipinski definition) is 4. The average Bonchev–Trinajstić information content (AvgIpc) is 2.33. The quantitative estimate of drug-likeness (QED) is 0.891. The van der Waals surface area contributed by atoms with Crippen LogP contribution >= 0.6 is 15.9 Å². The van der Waals surface area contributed by atoms with Crippen LogP contribution in [0.2, 0.25) is 0 Å². The molecule has 0 atom stereocenters. The lowest BCUT2D eigenvalue weighted by Crippen LogP contribution is -2.15. The number of carbonyl (C=O) groups excluding carboxylic acids is 1. The van der Waals surface area contributed by atoms with E-state index in [2.05, 4.69) is 31.4 Å². The fraction of sp³-hybridized carbons (Fsp3) is 0. The van der Waals surface area contributed by atoms with Crippen LogP contribution < -0.4 is 11.1 Å². The minimum atomic E-state index is -0.449. The Morgan fingerprint density at radius 3 is 2.67 bits per heavy atom. The topological polar surface area (TPSA) is 80.9 Å². The molecule has 0 spiro atoms. The Hall–Kier alpha value is -2.02. The second-order valence-electron chi connectivity index (χ2n) is 3.42. The summed E-state index contributed by atoms with van der Waals surface area (Å²) in [6, 6.07) is 6.87. The largest absolute Gasteiger partial charge is 0.382 e. The SMILES string of the molecule is Nc1ccc(C(=O)Nc2ccc(F)cc2Br)nn1. The number of nitrogen functional groups attached to an aromatic ring is 1. The van der Waals surface area contributed by atoms with Crippen molar-refractivity contribution >= 4 is 33.3 Å². The number of halogens is 2. The summed E-state index contributed by atoms with van der Waals surface area (Å²) in [6.45, 7) is 0. The van der Waals surface area contributed by atoms with E-state index in [1.165, 1.54) is 30.3 Å². The summed E-state index contributed by atoms with van der Waals surface area (Å²) in [6.07, 6.45) is 0. The van der Waals surface area contributed by atoms with E-state index < -0.39 is 11.7 Å². The molecular weight excluding hydrogens is 303 g/mol. The van der Waals surface area contributed by atoms with Gasteiger partial charge in [0, 0.05) is 4.47 Å². The van der Waals surface area contributed by atoms with Gasteiger partial charge in [0.25, 0.3) is 5.91 Å². The van der Waals surface area contributed by atoms with Crippen LogP contribution in [0.25, 0.3) is 0 Å². The van der Waals surface area contributed by atoms with Gasteiger partial charge in [0.15, 0.2) is 5.69 Å². The molecule has 2 rings (SSSR count). The Bertz CT molecular complexity index is 588. The number of anilines is 2. The van der Waals surface area contributed by atoms with E-state index in [9.17, 15) is 9.18 Å². The third kappa shape index (κ3) is 2.80. The molecule has 1 heterocycles. The van der Waals surface area contributed by atoms with Gasteiger partial charge in [-0.05, 0) is 46.3 Å². The summed E-state index contributed by atoms with van der Waals surface area (Å²) >= 11 is 3.15. The van der Waals surface area contributed by atoms with Crippen LogP contribution in [0.3, 0.4) is 0 Å². The van der Waals surface area contributed by atoms with Gasteiger partial charge in [-0.2, -0.15) is 0 Å². The molecule has 1 aromatic carbocycles. The predicted molar refractivity (Wildman–Crippen MR) is 68.5 cm³/mol. The van der Waals surface area contributed by atoms with Gasteiger partial charge in [-0.3, -0.25) is 4.79 Å². The van der Waals surface area contributed by atoms with Crippen molar-refractivity contribution < 1.29 is 9.18 Å². The molecule has 5 nitrogen and oxygen atoms in total. The van der Waals surface area contributed by atoms with E-state index in [0.717, 1.165) is 0 Å². The lowest BCUT2D eigenvalue weighted by Gasteiger charge is -2.06. The van der Waals surface area contributed by atoms with E-state index in [1.807, 2.05) is 0 Å². The molecule has 3 N–H and O–H groups in total. The number of carbonyl (C=O) groups is 1. The Morgan fingerprint density at radius 1 is 1.28 bits per heavy atom. The average molecular weight is 311 g/mol. The number of hydrogen-bond donors (Lipinski definition) is 2. The number of amides is 1. The highest BCUT2D eigenvalue weighted by Crippen LogP contribution is 2.23. The molecule has 0 saturated heterocycles. The normalized spacial score (nSPS) is 10.1. The molecule has 92 valence electrons. The third-order valence-corrected chi connectivity index (χ3v) is 2.75. The van der Waals surface area contributed by atoms with Gasteiger partial charge >= 0.3 is 0 Å². The molecule has 0 saturated carbocycles. The molecule has 1 amide bonds. The number of aromatic nitrogens is 2. The molecule has 0 unspecified atom stereocenters. The van der Waals surface area contributed by atoms with Crippen molar-refractivity contribution in [2.75, 3.05) is 11.1 Å². The highest BCUT2D eigenvalue weighted by Gasteiger charge is 2.10. The molecule has 0 bridgehead atoms. The zero-order valence-corrected chi connectivity index (χ0v) is 10.6. The summed E-state index contributed by atoms with van der Waals surface area (Å²) < 4.78 is 13.3. The lowest BCUT2D eigenvalue weighted by atomic mass is 10.3. The van der Waals surface area contributed by atoms with Gasteiger partial charge in [-0.25, -0.2) is 4.39 Å². The van der Waals surface area contributed by atoms with Gasteiger partial charge in [-0.1, -0.05) is 0 Å². The number of rotatable bonds is 2. The first-order valence-corrected chi connectivity index (χ1v) is 5.71. The molecule has 0 radical (unpaired) electrons. The lowest BCUT2D eigenvalue weighted by molar-refractivity contribution is 0.102. The van der Waals surface area contributed by atoms with Crippen LogP contribution in [0, 0.1) is 5.82 Å². The van der Waals surface area contributed by atoms with Crippen molar-refractivity contribution in [1.29, 1.82) is 0 Å². The molecule has 7 heteroatoms. The summed E-state index contributed by atoms with van der Waals surface area (Å²) in [5.74, 6) is -0.614. The standard InChI is InChI=1S/C11H8BrFN4O/c12-7-5-6(13)1-2-8(7)15-11(18)9-3-4-10(14)17-16-9/h1-5H,(H2,14,17)(H,15,18). The minimum absolute atomic E-state index is 0.125. The highest BCUT2D eigenvalue weighted by atomic mass is 79.9. The van der Waals surface area contributed by atoms with Gasteiger partial charge in [0.2, 0.25) is 0 Å². The molecular formula is C11H8BrFN4O. The van der Waals surface area contributed by atoms with Crippen LogP contribution in [-0.4, -0.2) is 16.1 Å². The van der Waals surface area contributed by atoms with Crippen LogP contribution in [-0.2, 0) is 0 Å². The summed E-state index contributed by atoms with van der Waals surface area (Å²) in [7, 11) is 0. The molecule has 18 heavy (non-hydrogen) atoms. The Balaban J connectivity index is 2.18. The van der Waals surface area contributed by atoms with E-state index in [1.54, 1.807) is 0 Å². The highest BCUT2D eigenvalue weighted by molar-refractivity contribution is 9.10. The smallest absolute Gasteiger partial charge is 0.276 e. The Morgan fingerprint density at radius 2 is 2.06 bits per heavy atom. The van der Waals surface area contributed by atoms with E-state index in [4.69, 9.17) is 5.73 Å². The molecule has 2 aromatic rings. The van der Waals surface area contributed by atoms with Crippen molar-refractivity contribution in [3.8, 4) is 0 Å². The predicted octanol–water partition coefficient (Wildman–Crippen LogP) is 2.21. The first-order valence-electron chi connectivity index (χ1n) is 4.92. The van der Waals surface area contributed by atoms with Gasteiger partial charge < -0.3 is 11.1 Å². The summed E-state index contributed by atoms with van der Waals surface area (Å²) in [5.41, 5.74) is 5.94. The van der Waals surface area contributed by atoms with Crippen LogP contribution in [0.4, 0.5) is 15.9 Å². The first-order chi connectivity index (χ1) is 8.56. The monoisotopic (exact) mass is 310 g/mol. The van der Waals surface area contributed by atoms with Gasteiger partial charge in [0.05, 0.1) is 5.69 Å². The van der Waals surface area contributed by atoms with E-state index in [0.29, 0.717) is 10.2 Å². The fourth-order valence-corrected chi connectivity index (χ4v) is 1.69. The zero-order chi connectivity index (χ0) is 13.1. The maximum Gasteiger partial charge on any atom is 0.276 e.